The lowest BCUT2D eigenvalue weighted by Gasteiger charge is -2.05. The van der Waals surface area contributed by atoms with E-state index in [0.717, 1.165) is 5.56 Å². The molecule has 0 atom stereocenters. The highest BCUT2D eigenvalue weighted by atomic mass is 35.5. The van der Waals surface area contributed by atoms with Gasteiger partial charge in [-0.2, -0.15) is 0 Å². The van der Waals surface area contributed by atoms with Crippen molar-refractivity contribution in [3.8, 4) is 10.4 Å². The van der Waals surface area contributed by atoms with E-state index < -0.39 is 11.9 Å². The maximum absolute atomic E-state index is 12.6. The number of rotatable bonds is 4. The lowest BCUT2D eigenvalue weighted by atomic mass is 10.1. The fourth-order valence-electron chi connectivity index (χ4n) is 2.82. The van der Waals surface area contributed by atoms with Crippen LogP contribution in [0, 0.1) is 6.92 Å². The zero-order chi connectivity index (χ0) is 20.7. The number of nitrogens with one attached hydrogen (secondary N) is 1. The molecule has 4 rings (SSSR count). The fourth-order valence-corrected chi connectivity index (χ4v) is 4.11. The number of carbonyl (C=O) groups excluding carboxylic acids is 1. The summed E-state index contributed by atoms with van der Waals surface area (Å²) >= 11 is 13.2. The molecule has 0 aliphatic heterocycles. The van der Waals surface area contributed by atoms with E-state index in [-0.39, 0.29) is 17.1 Å². The molecule has 0 unspecified atom stereocenters. The molecule has 4 aromatic rings. The van der Waals surface area contributed by atoms with Gasteiger partial charge in [-0.15, -0.1) is 11.3 Å². The Morgan fingerprint density at radius 2 is 1.93 bits per heavy atom. The highest BCUT2D eigenvalue weighted by Crippen LogP contribution is 2.38. The summed E-state index contributed by atoms with van der Waals surface area (Å²) in [5, 5.41) is 14.5. The molecule has 0 fully saturated rings. The van der Waals surface area contributed by atoms with E-state index in [2.05, 4.69) is 10.3 Å². The first kappa shape index (κ1) is 19.4. The summed E-state index contributed by atoms with van der Waals surface area (Å²) in [4.78, 5) is 29.1. The highest BCUT2D eigenvalue weighted by Gasteiger charge is 2.23. The smallest absolute Gasteiger partial charge is 0.339 e. The van der Waals surface area contributed by atoms with E-state index in [0.29, 0.717) is 31.6 Å². The molecule has 0 saturated carbocycles. The summed E-state index contributed by atoms with van der Waals surface area (Å²) in [6.45, 7) is 1.91. The number of oxazole rings is 1. The Labute approximate surface area is 178 Å². The topological polar surface area (TPSA) is 92.4 Å². The van der Waals surface area contributed by atoms with Crippen LogP contribution in [-0.4, -0.2) is 22.0 Å². The average molecular weight is 447 g/mol. The number of halogens is 2. The number of nitrogens with zero attached hydrogens (tertiary/aromatic N) is 1. The van der Waals surface area contributed by atoms with Crippen molar-refractivity contribution in [1.82, 2.24) is 4.98 Å². The first-order valence-corrected chi connectivity index (χ1v) is 9.96. The van der Waals surface area contributed by atoms with Gasteiger partial charge >= 0.3 is 11.9 Å². The molecule has 6 nitrogen and oxygen atoms in total. The Hall–Kier alpha value is -2.87. The van der Waals surface area contributed by atoms with Crippen LogP contribution in [0.15, 0.2) is 46.2 Å². The maximum atomic E-state index is 12.6. The molecule has 0 spiro atoms. The van der Waals surface area contributed by atoms with Gasteiger partial charge in [0.15, 0.2) is 5.58 Å². The number of carboxylic acids is 1. The zero-order valence-corrected chi connectivity index (χ0v) is 17.2. The van der Waals surface area contributed by atoms with Crippen LogP contribution < -0.4 is 5.32 Å². The molecule has 0 saturated heterocycles. The van der Waals surface area contributed by atoms with E-state index in [1.807, 2.05) is 13.0 Å². The molecule has 9 heteroatoms. The van der Waals surface area contributed by atoms with E-state index >= 15 is 0 Å². The number of benzene rings is 2. The van der Waals surface area contributed by atoms with E-state index in [1.54, 1.807) is 35.7 Å². The summed E-state index contributed by atoms with van der Waals surface area (Å²) < 4.78 is 5.48. The Morgan fingerprint density at radius 1 is 1.14 bits per heavy atom. The SMILES string of the molecule is Cc1ccc2oc(C(=O)Nc3csc(-c4ccc(Cl)c(Cl)c4)c3C(=O)O)nc2c1. The molecule has 1 amide bonds. The molecule has 0 aliphatic rings. The van der Waals surface area contributed by atoms with Gasteiger partial charge in [0.05, 0.1) is 20.6 Å². The quantitative estimate of drug-likeness (QED) is 0.393. The van der Waals surface area contributed by atoms with Crippen LogP contribution in [-0.2, 0) is 0 Å². The molecule has 146 valence electrons. The van der Waals surface area contributed by atoms with Crippen LogP contribution in [0.1, 0.15) is 26.6 Å². The predicted octanol–water partition coefficient (Wildman–Crippen LogP) is 6.12. The van der Waals surface area contributed by atoms with Gasteiger partial charge < -0.3 is 14.8 Å². The largest absolute Gasteiger partial charge is 0.478 e. The third-order valence-corrected chi connectivity index (χ3v) is 5.94. The van der Waals surface area contributed by atoms with Gasteiger partial charge in [-0.25, -0.2) is 9.78 Å². The van der Waals surface area contributed by atoms with Gasteiger partial charge in [0, 0.05) is 5.38 Å². The number of anilines is 1. The molecule has 0 bridgehead atoms. The number of aromatic carboxylic acids is 1. The second kappa shape index (κ2) is 7.51. The number of thiophene rings is 1. The first-order chi connectivity index (χ1) is 13.8. The van der Waals surface area contributed by atoms with Gasteiger partial charge in [-0.05, 0) is 42.3 Å². The Kier molecular flexibility index (Phi) is 5.04. The molecule has 2 aromatic heterocycles. The normalized spacial score (nSPS) is 11.0. The van der Waals surface area contributed by atoms with Gasteiger partial charge in [0.2, 0.25) is 0 Å². The molecule has 2 aromatic carbocycles. The number of carbonyl (C=O) groups is 2. The zero-order valence-electron chi connectivity index (χ0n) is 14.8. The van der Waals surface area contributed by atoms with E-state index in [9.17, 15) is 14.7 Å². The van der Waals surface area contributed by atoms with Crippen molar-refractivity contribution >= 4 is 63.2 Å². The van der Waals surface area contributed by atoms with Crippen molar-refractivity contribution < 1.29 is 19.1 Å². The van der Waals surface area contributed by atoms with E-state index in [4.69, 9.17) is 27.6 Å². The standard InChI is InChI=1S/C20H12Cl2N2O4S/c1-9-2-5-15-13(6-9)24-19(28-15)18(25)23-14-8-29-17(16(14)20(26)27)10-3-4-11(21)12(22)7-10/h2-8H,1H3,(H,23,25)(H,26,27). The van der Waals surface area contributed by atoms with Crippen molar-refractivity contribution in [2.24, 2.45) is 0 Å². The molecule has 0 radical (unpaired) electrons. The maximum Gasteiger partial charge on any atom is 0.339 e. The number of amides is 1. The second-order valence-electron chi connectivity index (χ2n) is 6.23. The summed E-state index contributed by atoms with van der Waals surface area (Å²) in [6, 6.07) is 10.2. The fraction of sp³-hybridized carbons (Fsp3) is 0.0500. The third-order valence-electron chi connectivity index (χ3n) is 4.17. The van der Waals surface area contributed by atoms with Crippen LogP contribution in [0.2, 0.25) is 10.0 Å². The predicted molar refractivity (Wildman–Crippen MR) is 113 cm³/mol. The van der Waals surface area contributed by atoms with Crippen molar-refractivity contribution in [2.75, 3.05) is 5.32 Å². The minimum Gasteiger partial charge on any atom is -0.478 e. The van der Waals surface area contributed by atoms with Crippen LogP contribution in [0.3, 0.4) is 0 Å². The van der Waals surface area contributed by atoms with Crippen molar-refractivity contribution in [3.63, 3.8) is 0 Å². The van der Waals surface area contributed by atoms with Crippen molar-refractivity contribution in [3.05, 3.63) is 68.8 Å². The molecule has 2 heterocycles. The Bertz CT molecular complexity index is 1280. The Morgan fingerprint density at radius 3 is 2.66 bits per heavy atom. The number of hydrogen-bond acceptors (Lipinski definition) is 5. The van der Waals surface area contributed by atoms with Crippen LogP contribution in [0.5, 0.6) is 0 Å². The lowest BCUT2D eigenvalue weighted by molar-refractivity contribution is 0.0699. The van der Waals surface area contributed by atoms with E-state index in [1.165, 1.54) is 11.3 Å². The van der Waals surface area contributed by atoms with Crippen LogP contribution in [0.25, 0.3) is 21.5 Å². The Balaban J connectivity index is 1.69. The van der Waals surface area contributed by atoms with Gasteiger partial charge in [-0.1, -0.05) is 35.3 Å². The minimum absolute atomic E-state index is 0.0475. The number of aromatic nitrogens is 1. The number of hydrogen-bond donors (Lipinski definition) is 2. The third kappa shape index (κ3) is 3.72. The molecule has 29 heavy (non-hydrogen) atoms. The second-order valence-corrected chi connectivity index (χ2v) is 7.93. The monoisotopic (exact) mass is 446 g/mol. The molecule has 0 aliphatic carbocycles. The summed E-state index contributed by atoms with van der Waals surface area (Å²) in [6.07, 6.45) is 0. The summed E-state index contributed by atoms with van der Waals surface area (Å²) in [5.41, 5.74) is 2.69. The lowest BCUT2D eigenvalue weighted by Crippen LogP contribution is -2.14. The summed E-state index contributed by atoms with van der Waals surface area (Å²) in [5.74, 6) is -1.97. The number of fused-ring (bicyclic) bond motifs is 1. The highest BCUT2D eigenvalue weighted by molar-refractivity contribution is 7.14. The number of carboxylic acid groups (broad SMARTS) is 1. The summed E-state index contributed by atoms with van der Waals surface area (Å²) in [7, 11) is 0. The molecule has 2 N–H and O–H groups in total. The van der Waals surface area contributed by atoms with Gasteiger partial charge in [-0.3, -0.25) is 4.79 Å². The average Bonchev–Trinajstić information content (AvgIpc) is 3.27. The molecular formula is C20H12Cl2N2O4S. The van der Waals surface area contributed by atoms with Gasteiger partial charge in [0.25, 0.3) is 5.89 Å². The van der Waals surface area contributed by atoms with Crippen molar-refractivity contribution in [1.29, 1.82) is 0 Å². The van der Waals surface area contributed by atoms with Crippen LogP contribution in [0.4, 0.5) is 5.69 Å². The van der Waals surface area contributed by atoms with Crippen molar-refractivity contribution in [2.45, 2.75) is 6.92 Å². The first-order valence-electron chi connectivity index (χ1n) is 8.32. The van der Waals surface area contributed by atoms with Gasteiger partial charge in [0.1, 0.15) is 11.1 Å². The number of aryl methyl sites for hydroxylation is 1. The minimum atomic E-state index is -1.18. The van der Waals surface area contributed by atoms with Crippen LogP contribution >= 0.6 is 34.5 Å². The molecular weight excluding hydrogens is 435 g/mol.